The summed E-state index contributed by atoms with van der Waals surface area (Å²) in [5.41, 5.74) is 3.60. The number of aromatic nitrogens is 1. The van der Waals surface area contributed by atoms with Crippen molar-refractivity contribution in [3.63, 3.8) is 0 Å². The molecule has 0 fully saturated rings. The summed E-state index contributed by atoms with van der Waals surface area (Å²) in [4.78, 5) is 34.3. The van der Waals surface area contributed by atoms with Crippen molar-refractivity contribution in [1.82, 2.24) is 4.98 Å². The Balaban J connectivity index is 2.95. The highest BCUT2D eigenvalue weighted by atomic mass is 32.1. The normalized spacial score (nSPS) is 13.2. The number of nitrogen functional groups attached to an aromatic ring is 1. The molecule has 0 atom stereocenters. The first kappa shape index (κ1) is 24.1. The van der Waals surface area contributed by atoms with Gasteiger partial charge in [-0.1, -0.05) is 24.8 Å². The van der Waals surface area contributed by atoms with Crippen molar-refractivity contribution in [3.8, 4) is 0 Å². The molecule has 0 saturated carbocycles. The van der Waals surface area contributed by atoms with E-state index in [1.54, 1.807) is 26.2 Å². The Morgan fingerprint density at radius 3 is 2.29 bits per heavy atom. The summed E-state index contributed by atoms with van der Waals surface area (Å²) < 4.78 is 10.7. The van der Waals surface area contributed by atoms with Crippen molar-refractivity contribution < 1.29 is 23.9 Å². The van der Waals surface area contributed by atoms with Crippen LogP contribution in [0.1, 0.15) is 40.3 Å². The number of esters is 2. The lowest BCUT2D eigenvalue weighted by Gasteiger charge is -2.23. The second kappa shape index (κ2) is 9.04. The van der Waals surface area contributed by atoms with E-state index in [1.807, 2.05) is 0 Å². The van der Waals surface area contributed by atoms with E-state index in [1.165, 1.54) is 13.8 Å². The van der Waals surface area contributed by atoms with Crippen LogP contribution in [0.2, 0.25) is 25.7 Å². The van der Waals surface area contributed by atoms with E-state index in [0.29, 0.717) is 6.61 Å². The van der Waals surface area contributed by atoms with Gasteiger partial charge in [-0.2, -0.15) is 0 Å². The van der Waals surface area contributed by atoms with Crippen LogP contribution in [-0.4, -0.2) is 48.5 Å². The highest BCUT2D eigenvalue weighted by Crippen LogP contribution is 2.19. The molecule has 0 aliphatic heterocycles. The quantitative estimate of drug-likeness (QED) is 0.291. The molecular weight excluding hydrogens is 398 g/mol. The summed E-state index contributed by atoms with van der Waals surface area (Å²) >= 11 is 1.16. The van der Waals surface area contributed by atoms with E-state index in [9.17, 15) is 9.59 Å². The van der Waals surface area contributed by atoms with Crippen molar-refractivity contribution in [3.05, 3.63) is 11.1 Å². The summed E-state index contributed by atoms with van der Waals surface area (Å²) in [5.74, 6) is -1.28. The molecule has 10 heteroatoms. The Kier molecular flexibility index (Phi) is 7.78. The maximum Gasteiger partial charge on any atom is 0.363 e. The number of rotatable bonds is 8. The van der Waals surface area contributed by atoms with Crippen molar-refractivity contribution in [2.24, 2.45) is 5.16 Å². The van der Waals surface area contributed by atoms with E-state index in [4.69, 9.17) is 20.0 Å². The molecule has 0 aliphatic carbocycles. The zero-order valence-electron chi connectivity index (χ0n) is 17.9. The number of ether oxygens (including phenoxy) is 2. The number of oxime groups is 1. The molecule has 0 aromatic carbocycles. The molecule has 0 aliphatic rings. The third-order valence-corrected chi connectivity index (χ3v) is 5.68. The Morgan fingerprint density at radius 1 is 1.21 bits per heavy atom. The van der Waals surface area contributed by atoms with E-state index in [-0.39, 0.29) is 16.5 Å². The molecule has 2 N–H and O–H groups in total. The van der Waals surface area contributed by atoms with Gasteiger partial charge in [0, 0.05) is 13.5 Å². The second-order valence-electron chi connectivity index (χ2n) is 9.06. The Hall–Kier alpha value is -1.94. The Morgan fingerprint density at radius 2 is 1.82 bits per heavy atom. The lowest BCUT2D eigenvalue weighted by atomic mass is 10.1. The van der Waals surface area contributed by atoms with Gasteiger partial charge in [-0.15, -0.1) is 11.3 Å². The summed E-state index contributed by atoms with van der Waals surface area (Å²) in [5, 5.41) is 5.72. The van der Waals surface area contributed by atoms with Crippen LogP contribution in [-0.2, 0) is 23.9 Å². The van der Waals surface area contributed by atoms with Crippen molar-refractivity contribution in [2.45, 2.75) is 71.5 Å². The third-order valence-electron chi connectivity index (χ3n) is 3.30. The lowest BCUT2D eigenvalue weighted by Crippen LogP contribution is -2.37. The summed E-state index contributed by atoms with van der Waals surface area (Å²) in [6.45, 7) is 15.2. The molecule has 0 unspecified atom stereocenters. The molecule has 0 spiro atoms. The molecule has 1 aromatic rings. The van der Waals surface area contributed by atoms with Gasteiger partial charge in [0.15, 0.2) is 5.13 Å². The predicted molar refractivity (Wildman–Crippen MR) is 113 cm³/mol. The fraction of sp³-hybridized carbons (Fsp3) is 0.667. The van der Waals surface area contributed by atoms with Crippen molar-refractivity contribution in [2.75, 3.05) is 12.3 Å². The molecule has 1 heterocycles. The first-order valence-corrected chi connectivity index (χ1v) is 13.6. The van der Waals surface area contributed by atoms with Crippen LogP contribution in [0.25, 0.3) is 0 Å². The minimum Gasteiger partial charge on any atom is -0.463 e. The van der Waals surface area contributed by atoms with Gasteiger partial charge < -0.3 is 20.0 Å². The fourth-order valence-electron chi connectivity index (χ4n) is 1.73. The SMILES string of the molecule is CC(C)(C)OC(=O)/C(=N\OC(C)(C)C(=O)OCC[Si](C)(C)C)c1csc(N)n1. The highest BCUT2D eigenvalue weighted by Gasteiger charge is 2.34. The lowest BCUT2D eigenvalue weighted by molar-refractivity contribution is -0.168. The first-order valence-electron chi connectivity index (χ1n) is 8.99. The number of carbonyl (C=O) groups excluding carboxylic acids is 2. The van der Waals surface area contributed by atoms with Crippen LogP contribution >= 0.6 is 11.3 Å². The number of carbonyl (C=O) groups is 2. The van der Waals surface area contributed by atoms with E-state index in [2.05, 4.69) is 29.8 Å². The molecule has 28 heavy (non-hydrogen) atoms. The fourth-order valence-corrected chi connectivity index (χ4v) is 2.99. The number of hydrogen-bond acceptors (Lipinski definition) is 9. The number of thiazole rings is 1. The maximum absolute atomic E-state index is 12.5. The van der Waals surface area contributed by atoms with Crippen LogP contribution in [0, 0.1) is 0 Å². The average molecular weight is 430 g/mol. The standard InChI is InChI=1S/C18H31N3O5SSi/c1-17(2,3)25-14(22)13(12-11-27-16(19)20-12)21-26-18(4,5)15(23)24-9-10-28(6,7)8/h11H,9-10H2,1-8H3,(H2,19,20)/b21-13-. The first-order chi connectivity index (χ1) is 12.6. The van der Waals surface area contributed by atoms with Crippen molar-refractivity contribution >= 4 is 42.2 Å². The minimum atomic E-state index is -1.38. The van der Waals surface area contributed by atoms with E-state index < -0.39 is 31.2 Å². The van der Waals surface area contributed by atoms with Gasteiger partial charge in [0.05, 0.1) is 6.61 Å². The summed E-state index contributed by atoms with van der Waals surface area (Å²) in [7, 11) is -1.32. The van der Waals surface area contributed by atoms with Gasteiger partial charge in [-0.3, -0.25) is 0 Å². The van der Waals surface area contributed by atoms with E-state index >= 15 is 0 Å². The van der Waals surface area contributed by atoms with E-state index in [0.717, 1.165) is 17.4 Å². The molecule has 0 radical (unpaired) electrons. The van der Waals surface area contributed by atoms with Gasteiger partial charge in [0.1, 0.15) is 11.3 Å². The molecule has 0 bridgehead atoms. The number of nitrogens with zero attached hydrogens (tertiary/aromatic N) is 2. The number of anilines is 1. The Bertz CT molecular complexity index is 732. The topological polar surface area (TPSA) is 113 Å². The zero-order valence-corrected chi connectivity index (χ0v) is 19.7. The zero-order chi connectivity index (χ0) is 21.8. The molecule has 1 aromatic heterocycles. The van der Waals surface area contributed by atoms with Crippen LogP contribution in [0.4, 0.5) is 5.13 Å². The highest BCUT2D eigenvalue weighted by molar-refractivity contribution is 7.13. The number of nitrogens with two attached hydrogens (primary N) is 1. The molecule has 0 saturated heterocycles. The van der Waals surface area contributed by atoms with Gasteiger partial charge in [-0.05, 0) is 40.7 Å². The molecule has 1 rings (SSSR count). The van der Waals surface area contributed by atoms with Gasteiger partial charge >= 0.3 is 11.9 Å². The van der Waals surface area contributed by atoms with Crippen molar-refractivity contribution in [1.29, 1.82) is 0 Å². The second-order valence-corrected chi connectivity index (χ2v) is 15.6. The largest absolute Gasteiger partial charge is 0.463 e. The Labute approximate surface area is 171 Å². The maximum atomic E-state index is 12.5. The third kappa shape index (κ3) is 8.38. The van der Waals surface area contributed by atoms with Crippen LogP contribution in [0.5, 0.6) is 0 Å². The smallest absolute Gasteiger partial charge is 0.363 e. The van der Waals surface area contributed by atoms with Crippen LogP contribution in [0.3, 0.4) is 0 Å². The molecule has 0 amide bonds. The predicted octanol–water partition coefficient (Wildman–Crippen LogP) is 3.45. The van der Waals surface area contributed by atoms with Crippen LogP contribution in [0.15, 0.2) is 10.5 Å². The molecule has 158 valence electrons. The van der Waals surface area contributed by atoms with Gasteiger partial charge in [-0.25, -0.2) is 14.6 Å². The van der Waals surface area contributed by atoms with Gasteiger partial charge in [0.2, 0.25) is 11.3 Å². The van der Waals surface area contributed by atoms with Gasteiger partial charge in [0.25, 0.3) is 0 Å². The monoisotopic (exact) mass is 429 g/mol. The minimum absolute atomic E-state index is 0.161. The molecular formula is C18H31N3O5SSi. The summed E-state index contributed by atoms with van der Waals surface area (Å²) in [6, 6.07) is 0.847. The van der Waals surface area contributed by atoms with Crippen LogP contribution < -0.4 is 5.73 Å². The average Bonchev–Trinajstić information content (AvgIpc) is 2.90. The number of hydrogen-bond donors (Lipinski definition) is 1. The summed E-state index contributed by atoms with van der Waals surface area (Å²) in [6.07, 6.45) is 0. The molecule has 8 nitrogen and oxygen atoms in total.